The molecule has 2 heterocycles. The Labute approximate surface area is 161 Å². The van der Waals surface area contributed by atoms with Crippen LogP contribution in [0.1, 0.15) is 15.9 Å². The van der Waals surface area contributed by atoms with Crippen molar-refractivity contribution in [2.75, 3.05) is 6.54 Å². The van der Waals surface area contributed by atoms with Gasteiger partial charge >= 0.3 is 0 Å². The van der Waals surface area contributed by atoms with Gasteiger partial charge in [0.15, 0.2) is 0 Å². The molecule has 6 nitrogen and oxygen atoms in total. The Morgan fingerprint density at radius 1 is 1.00 bits per heavy atom. The summed E-state index contributed by atoms with van der Waals surface area (Å²) >= 11 is 0. The molecular weight excluding hydrogens is 352 g/mol. The summed E-state index contributed by atoms with van der Waals surface area (Å²) in [7, 11) is 0. The third-order valence-corrected chi connectivity index (χ3v) is 4.50. The lowest BCUT2D eigenvalue weighted by atomic mass is 10.1. The SMILES string of the molecule is O=C(NCCc1cccnc1)c1ccc(-n2cnc3ccccc3c2=O)cc1. The first kappa shape index (κ1) is 17.6. The van der Waals surface area contributed by atoms with Gasteiger partial charge < -0.3 is 5.32 Å². The molecule has 0 bridgehead atoms. The Morgan fingerprint density at radius 3 is 2.61 bits per heavy atom. The molecule has 0 aliphatic heterocycles. The van der Waals surface area contributed by atoms with Crippen LogP contribution in [-0.4, -0.2) is 27.0 Å². The van der Waals surface area contributed by atoms with E-state index in [4.69, 9.17) is 0 Å². The predicted octanol–water partition coefficient (Wildman–Crippen LogP) is 2.75. The number of benzene rings is 2. The molecule has 0 radical (unpaired) electrons. The molecule has 28 heavy (non-hydrogen) atoms. The van der Waals surface area contributed by atoms with Crippen LogP contribution < -0.4 is 10.9 Å². The summed E-state index contributed by atoms with van der Waals surface area (Å²) in [5.41, 5.74) is 2.79. The van der Waals surface area contributed by atoms with E-state index in [-0.39, 0.29) is 11.5 Å². The van der Waals surface area contributed by atoms with Crippen LogP contribution in [0.25, 0.3) is 16.6 Å². The van der Waals surface area contributed by atoms with Gasteiger partial charge in [0.25, 0.3) is 11.5 Å². The molecular formula is C22H18N4O2. The van der Waals surface area contributed by atoms with Gasteiger partial charge in [-0.25, -0.2) is 4.98 Å². The van der Waals surface area contributed by atoms with E-state index in [9.17, 15) is 9.59 Å². The van der Waals surface area contributed by atoms with Crippen molar-refractivity contribution in [3.05, 3.63) is 101 Å². The summed E-state index contributed by atoms with van der Waals surface area (Å²) in [6.45, 7) is 0.528. The third kappa shape index (κ3) is 3.66. The van der Waals surface area contributed by atoms with E-state index >= 15 is 0 Å². The van der Waals surface area contributed by atoms with E-state index in [1.165, 1.54) is 10.9 Å². The van der Waals surface area contributed by atoms with Crippen LogP contribution in [0.4, 0.5) is 0 Å². The molecule has 2 aromatic carbocycles. The molecule has 4 rings (SSSR count). The van der Waals surface area contributed by atoms with Crippen molar-refractivity contribution >= 4 is 16.8 Å². The first-order chi connectivity index (χ1) is 13.7. The zero-order valence-electron chi connectivity index (χ0n) is 15.1. The molecule has 0 aliphatic carbocycles. The maximum Gasteiger partial charge on any atom is 0.265 e. The fourth-order valence-corrected chi connectivity index (χ4v) is 2.99. The fraction of sp³-hybridized carbons (Fsp3) is 0.0909. The maximum atomic E-state index is 12.7. The van der Waals surface area contributed by atoms with Crippen LogP contribution in [0.2, 0.25) is 0 Å². The molecule has 138 valence electrons. The Bertz CT molecular complexity index is 1170. The summed E-state index contributed by atoms with van der Waals surface area (Å²) in [4.78, 5) is 33.4. The van der Waals surface area contributed by atoms with Gasteiger partial charge in [-0.3, -0.25) is 19.1 Å². The first-order valence-corrected chi connectivity index (χ1v) is 8.96. The highest BCUT2D eigenvalue weighted by atomic mass is 16.1. The number of pyridine rings is 1. The lowest BCUT2D eigenvalue weighted by Gasteiger charge is -2.08. The van der Waals surface area contributed by atoms with Gasteiger partial charge in [-0.05, 0) is 54.4 Å². The normalized spacial score (nSPS) is 10.7. The van der Waals surface area contributed by atoms with E-state index in [0.717, 1.165) is 12.0 Å². The molecule has 0 saturated heterocycles. The molecule has 0 saturated carbocycles. The van der Waals surface area contributed by atoms with Gasteiger partial charge in [0, 0.05) is 24.5 Å². The average Bonchev–Trinajstić information content (AvgIpc) is 2.75. The number of aromatic nitrogens is 3. The molecule has 0 atom stereocenters. The van der Waals surface area contributed by atoms with Crippen molar-refractivity contribution in [3.63, 3.8) is 0 Å². The zero-order valence-corrected chi connectivity index (χ0v) is 15.1. The van der Waals surface area contributed by atoms with Gasteiger partial charge in [0.2, 0.25) is 0 Å². The summed E-state index contributed by atoms with van der Waals surface area (Å²) < 4.78 is 1.48. The van der Waals surface area contributed by atoms with E-state index in [0.29, 0.717) is 28.7 Å². The maximum absolute atomic E-state index is 12.7. The van der Waals surface area contributed by atoms with Crippen molar-refractivity contribution in [1.29, 1.82) is 0 Å². The van der Waals surface area contributed by atoms with Crippen molar-refractivity contribution in [2.24, 2.45) is 0 Å². The second kappa shape index (κ2) is 7.84. The van der Waals surface area contributed by atoms with Gasteiger partial charge in [-0.15, -0.1) is 0 Å². The summed E-state index contributed by atoms with van der Waals surface area (Å²) in [6, 6.07) is 18.0. The lowest BCUT2D eigenvalue weighted by Crippen LogP contribution is -2.25. The van der Waals surface area contributed by atoms with Gasteiger partial charge in [-0.2, -0.15) is 0 Å². The number of amides is 1. The number of nitrogens with one attached hydrogen (secondary N) is 1. The quantitative estimate of drug-likeness (QED) is 0.586. The van der Waals surface area contributed by atoms with Crippen LogP contribution in [-0.2, 0) is 6.42 Å². The second-order valence-electron chi connectivity index (χ2n) is 6.35. The number of carbonyl (C=O) groups is 1. The van der Waals surface area contributed by atoms with E-state index in [2.05, 4.69) is 15.3 Å². The standard InChI is InChI=1S/C22H18N4O2/c27-21(24-13-11-16-4-3-12-23-14-16)17-7-9-18(10-8-17)26-15-25-20-6-2-1-5-19(20)22(26)28/h1-10,12,14-15H,11,13H2,(H,24,27). The molecule has 6 heteroatoms. The molecule has 2 aromatic heterocycles. The molecule has 0 unspecified atom stereocenters. The second-order valence-corrected chi connectivity index (χ2v) is 6.35. The summed E-state index contributed by atoms with van der Waals surface area (Å²) in [5.74, 6) is -0.153. The first-order valence-electron chi connectivity index (χ1n) is 8.96. The topological polar surface area (TPSA) is 76.9 Å². The molecule has 0 spiro atoms. The molecule has 0 fully saturated rings. The highest BCUT2D eigenvalue weighted by molar-refractivity contribution is 5.94. The van der Waals surface area contributed by atoms with Crippen LogP contribution in [0.15, 0.2) is 84.2 Å². The van der Waals surface area contributed by atoms with Crippen LogP contribution >= 0.6 is 0 Å². The predicted molar refractivity (Wildman–Crippen MR) is 108 cm³/mol. The highest BCUT2D eigenvalue weighted by Gasteiger charge is 2.08. The van der Waals surface area contributed by atoms with Crippen molar-refractivity contribution in [2.45, 2.75) is 6.42 Å². The minimum absolute atomic E-state index is 0.140. The summed E-state index contributed by atoms with van der Waals surface area (Å²) in [5, 5.41) is 3.45. The molecule has 1 N–H and O–H groups in total. The Balaban J connectivity index is 1.47. The number of rotatable bonds is 5. The van der Waals surface area contributed by atoms with Crippen molar-refractivity contribution in [3.8, 4) is 5.69 Å². The van der Waals surface area contributed by atoms with Gasteiger partial charge in [0.1, 0.15) is 6.33 Å². The fourth-order valence-electron chi connectivity index (χ4n) is 2.99. The molecule has 1 amide bonds. The van der Waals surface area contributed by atoms with E-state index in [1.54, 1.807) is 48.8 Å². The van der Waals surface area contributed by atoms with Crippen LogP contribution in [0.5, 0.6) is 0 Å². The minimum atomic E-state index is -0.153. The number of carbonyl (C=O) groups excluding carboxylic acids is 1. The smallest absolute Gasteiger partial charge is 0.265 e. The highest BCUT2D eigenvalue weighted by Crippen LogP contribution is 2.11. The van der Waals surface area contributed by atoms with Gasteiger partial charge in [0.05, 0.1) is 16.6 Å². The van der Waals surface area contributed by atoms with Crippen LogP contribution in [0.3, 0.4) is 0 Å². The number of fused-ring (bicyclic) bond motifs is 1. The number of para-hydroxylation sites is 1. The van der Waals surface area contributed by atoms with Gasteiger partial charge in [-0.1, -0.05) is 18.2 Å². The van der Waals surface area contributed by atoms with Crippen molar-refractivity contribution in [1.82, 2.24) is 19.9 Å². The van der Waals surface area contributed by atoms with Crippen molar-refractivity contribution < 1.29 is 4.79 Å². The summed E-state index contributed by atoms with van der Waals surface area (Å²) in [6.07, 6.45) is 5.74. The Hall–Kier alpha value is -3.80. The van der Waals surface area contributed by atoms with E-state index in [1.807, 2.05) is 24.3 Å². The molecule has 4 aromatic rings. The number of nitrogens with zero attached hydrogens (tertiary/aromatic N) is 3. The largest absolute Gasteiger partial charge is 0.352 e. The average molecular weight is 370 g/mol. The number of hydrogen-bond donors (Lipinski definition) is 1. The Morgan fingerprint density at radius 2 is 1.82 bits per heavy atom. The molecule has 0 aliphatic rings. The minimum Gasteiger partial charge on any atom is -0.352 e. The monoisotopic (exact) mass is 370 g/mol. The number of hydrogen-bond acceptors (Lipinski definition) is 4. The van der Waals surface area contributed by atoms with Crippen LogP contribution in [0, 0.1) is 0 Å². The zero-order chi connectivity index (χ0) is 19.3. The third-order valence-electron chi connectivity index (χ3n) is 4.50. The van der Waals surface area contributed by atoms with E-state index < -0.39 is 0 Å². The Kier molecular flexibility index (Phi) is 4.93. The lowest BCUT2D eigenvalue weighted by molar-refractivity contribution is 0.0954.